The molecule has 1 saturated carbocycles. The average molecular weight is 264 g/mol. The molecule has 13 heavy (non-hydrogen) atoms. The smallest absolute Gasteiger partial charge is 0.265 e. The van der Waals surface area contributed by atoms with Crippen LogP contribution in [0.1, 0.15) is 30.3 Å². The lowest BCUT2D eigenvalue weighted by molar-refractivity contribution is 0.897. The van der Waals surface area contributed by atoms with Crippen molar-refractivity contribution in [2.45, 2.75) is 24.6 Å². The van der Waals surface area contributed by atoms with Gasteiger partial charge < -0.3 is 4.98 Å². The summed E-state index contributed by atoms with van der Waals surface area (Å²) < 4.78 is 0.559. The van der Waals surface area contributed by atoms with Gasteiger partial charge in [-0.15, -0.1) is 11.6 Å². The first-order valence-corrected chi connectivity index (χ1v) is 5.39. The second kappa shape index (κ2) is 3.42. The van der Waals surface area contributed by atoms with Crippen LogP contribution in [0.25, 0.3) is 0 Å². The van der Waals surface area contributed by atoms with Crippen molar-refractivity contribution >= 4 is 27.5 Å². The molecule has 1 aromatic rings. The Morgan fingerprint density at radius 3 is 2.85 bits per heavy atom. The van der Waals surface area contributed by atoms with Crippen LogP contribution in [-0.2, 0) is 5.88 Å². The number of alkyl halides is 1. The zero-order chi connectivity index (χ0) is 9.42. The van der Waals surface area contributed by atoms with Gasteiger partial charge in [-0.3, -0.25) is 4.79 Å². The van der Waals surface area contributed by atoms with Crippen molar-refractivity contribution in [2.75, 3.05) is 0 Å². The lowest BCUT2D eigenvalue weighted by atomic mass is 10.3. The van der Waals surface area contributed by atoms with E-state index in [9.17, 15) is 4.79 Å². The van der Waals surface area contributed by atoms with E-state index in [1.807, 2.05) is 0 Å². The molecular weight excluding hydrogens is 255 g/mol. The van der Waals surface area contributed by atoms with Gasteiger partial charge in [-0.25, -0.2) is 4.98 Å². The number of H-pyrrole nitrogens is 1. The molecule has 0 spiro atoms. The second-order valence-electron chi connectivity index (χ2n) is 3.12. The van der Waals surface area contributed by atoms with E-state index in [2.05, 4.69) is 25.9 Å². The van der Waals surface area contributed by atoms with Crippen LogP contribution in [0.4, 0.5) is 0 Å². The topological polar surface area (TPSA) is 45.8 Å². The van der Waals surface area contributed by atoms with E-state index in [0.717, 1.165) is 18.5 Å². The molecule has 0 aliphatic heterocycles. The number of nitrogens with one attached hydrogen (secondary N) is 1. The first-order valence-electron chi connectivity index (χ1n) is 4.07. The summed E-state index contributed by atoms with van der Waals surface area (Å²) in [5.41, 5.74) is 0.729. The van der Waals surface area contributed by atoms with Crippen molar-refractivity contribution in [1.82, 2.24) is 9.97 Å². The third-order valence-corrected chi connectivity index (χ3v) is 3.05. The third-order valence-electron chi connectivity index (χ3n) is 2.03. The monoisotopic (exact) mass is 262 g/mol. The molecule has 0 saturated heterocycles. The lowest BCUT2D eigenvalue weighted by Crippen LogP contribution is -2.14. The highest BCUT2D eigenvalue weighted by Crippen LogP contribution is 2.41. The number of aromatic amines is 1. The second-order valence-corrected chi connectivity index (χ2v) is 4.18. The number of aromatic nitrogens is 2. The Balaban J connectivity index is 2.52. The molecule has 0 radical (unpaired) electrons. The van der Waals surface area contributed by atoms with Gasteiger partial charge in [0.15, 0.2) is 0 Å². The summed E-state index contributed by atoms with van der Waals surface area (Å²) in [6.07, 6.45) is 2.24. The minimum Gasteiger partial charge on any atom is -0.309 e. The van der Waals surface area contributed by atoms with Crippen LogP contribution in [0.5, 0.6) is 0 Å². The van der Waals surface area contributed by atoms with Gasteiger partial charge >= 0.3 is 0 Å². The number of hydrogen-bond acceptors (Lipinski definition) is 2. The van der Waals surface area contributed by atoms with Gasteiger partial charge in [0.25, 0.3) is 5.56 Å². The molecule has 0 unspecified atom stereocenters. The highest BCUT2D eigenvalue weighted by atomic mass is 79.9. The van der Waals surface area contributed by atoms with Crippen LogP contribution in [-0.4, -0.2) is 9.97 Å². The maximum Gasteiger partial charge on any atom is 0.265 e. The third kappa shape index (κ3) is 1.79. The normalized spacial score (nSPS) is 16.2. The van der Waals surface area contributed by atoms with E-state index in [-0.39, 0.29) is 11.4 Å². The van der Waals surface area contributed by atoms with E-state index in [1.165, 1.54) is 0 Å². The summed E-state index contributed by atoms with van der Waals surface area (Å²) in [4.78, 5) is 18.2. The van der Waals surface area contributed by atoms with Crippen LogP contribution < -0.4 is 5.56 Å². The predicted octanol–water partition coefficient (Wildman–Crippen LogP) is 2.15. The van der Waals surface area contributed by atoms with E-state index < -0.39 is 0 Å². The van der Waals surface area contributed by atoms with Gasteiger partial charge in [0.2, 0.25) is 0 Å². The summed E-state index contributed by atoms with van der Waals surface area (Å²) in [6.45, 7) is 0. The average Bonchev–Trinajstić information content (AvgIpc) is 2.92. The Kier molecular flexibility index (Phi) is 2.43. The molecule has 1 fully saturated rings. The van der Waals surface area contributed by atoms with E-state index in [0.29, 0.717) is 16.2 Å². The lowest BCUT2D eigenvalue weighted by Gasteiger charge is -2.02. The zero-order valence-corrected chi connectivity index (χ0v) is 9.15. The van der Waals surface area contributed by atoms with E-state index in [1.54, 1.807) is 0 Å². The highest BCUT2D eigenvalue weighted by molar-refractivity contribution is 9.10. The van der Waals surface area contributed by atoms with Crippen LogP contribution in [0.3, 0.4) is 0 Å². The van der Waals surface area contributed by atoms with Gasteiger partial charge in [-0.2, -0.15) is 0 Å². The summed E-state index contributed by atoms with van der Waals surface area (Å²) in [5, 5.41) is 0. The Hall–Kier alpha value is -0.350. The maximum absolute atomic E-state index is 11.4. The molecule has 1 N–H and O–H groups in total. The molecule has 1 aliphatic rings. The van der Waals surface area contributed by atoms with Crippen molar-refractivity contribution in [3.8, 4) is 0 Å². The Morgan fingerprint density at radius 1 is 1.62 bits per heavy atom. The van der Waals surface area contributed by atoms with Crippen molar-refractivity contribution < 1.29 is 0 Å². The molecule has 0 amide bonds. The van der Waals surface area contributed by atoms with Gasteiger partial charge in [0, 0.05) is 5.92 Å². The zero-order valence-electron chi connectivity index (χ0n) is 6.81. The standard InChI is InChI=1S/C8H8BrClN2O/c9-6-7(4-1-2-4)11-5(3-10)12-8(6)13/h4H,1-3H2,(H,11,12,13). The van der Waals surface area contributed by atoms with Crippen LogP contribution in [0.15, 0.2) is 9.27 Å². The molecule has 1 heterocycles. The fourth-order valence-corrected chi connectivity index (χ4v) is 1.85. The number of halogens is 2. The molecule has 2 rings (SSSR count). The van der Waals surface area contributed by atoms with Gasteiger partial charge in [0.1, 0.15) is 10.3 Å². The van der Waals surface area contributed by atoms with Crippen molar-refractivity contribution in [1.29, 1.82) is 0 Å². The fraction of sp³-hybridized carbons (Fsp3) is 0.500. The number of nitrogens with zero attached hydrogens (tertiary/aromatic N) is 1. The predicted molar refractivity (Wildman–Crippen MR) is 54.1 cm³/mol. The number of rotatable bonds is 2. The molecule has 0 aromatic carbocycles. The molecule has 5 heteroatoms. The first kappa shape index (κ1) is 9.21. The van der Waals surface area contributed by atoms with Crippen molar-refractivity contribution in [2.24, 2.45) is 0 Å². The molecule has 0 bridgehead atoms. The first-order chi connectivity index (χ1) is 6.22. The van der Waals surface area contributed by atoms with Gasteiger partial charge in [-0.05, 0) is 28.8 Å². The van der Waals surface area contributed by atoms with Crippen molar-refractivity contribution in [3.63, 3.8) is 0 Å². The Bertz CT molecular complexity index is 386. The molecule has 70 valence electrons. The Morgan fingerprint density at radius 2 is 2.31 bits per heavy atom. The minimum atomic E-state index is -0.132. The van der Waals surface area contributed by atoms with E-state index in [4.69, 9.17) is 11.6 Å². The summed E-state index contributed by atoms with van der Waals surface area (Å²) in [5.74, 6) is 1.26. The molecule has 3 nitrogen and oxygen atoms in total. The number of hydrogen-bond donors (Lipinski definition) is 1. The Labute approximate surface area is 88.7 Å². The van der Waals surface area contributed by atoms with Crippen LogP contribution in [0.2, 0.25) is 0 Å². The summed E-state index contributed by atoms with van der Waals surface area (Å²) in [6, 6.07) is 0. The minimum absolute atomic E-state index is 0.132. The van der Waals surface area contributed by atoms with E-state index >= 15 is 0 Å². The molecule has 1 aromatic heterocycles. The van der Waals surface area contributed by atoms with Crippen LogP contribution >= 0.6 is 27.5 Å². The fourth-order valence-electron chi connectivity index (χ4n) is 1.22. The quantitative estimate of drug-likeness (QED) is 0.831. The SMILES string of the molecule is O=c1[nH]c(CCl)nc(C2CC2)c1Br. The highest BCUT2D eigenvalue weighted by Gasteiger charge is 2.28. The summed E-state index contributed by atoms with van der Waals surface area (Å²) in [7, 11) is 0. The van der Waals surface area contributed by atoms with Crippen LogP contribution in [0, 0.1) is 0 Å². The molecule has 1 aliphatic carbocycles. The summed E-state index contributed by atoms with van der Waals surface area (Å²) >= 11 is 8.84. The molecular formula is C8H8BrClN2O. The van der Waals surface area contributed by atoms with Gasteiger partial charge in [0.05, 0.1) is 11.6 Å². The largest absolute Gasteiger partial charge is 0.309 e. The molecule has 0 atom stereocenters. The maximum atomic E-state index is 11.4. The van der Waals surface area contributed by atoms with Gasteiger partial charge in [-0.1, -0.05) is 0 Å². The van der Waals surface area contributed by atoms with Crippen molar-refractivity contribution in [3.05, 3.63) is 26.3 Å².